The number of hydrogen-bond donors (Lipinski definition) is 0. The summed E-state index contributed by atoms with van der Waals surface area (Å²) in [5, 5.41) is 0. The summed E-state index contributed by atoms with van der Waals surface area (Å²) in [6.45, 7) is 5.43. The van der Waals surface area contributed by atoms with E-state index < -0.39 is 11.8 Å². The number of ether oxygens (including phenoxy) is 2. The van der Waals surface area contributed by atoms with Crippen LogP contribution in [0.2, 0.25) is 0 Å². The van der Waals surface area contributed by atoms with Crippen molar-refractivity contribution in [2.24, 2.45) is 0 Å². The summed E-state index contributed by atoms with van der Waals surface area (Å²) in [6.07, 6.45) is -0.172. The molecule has 0 radical (unpaired) electrons. The summed E-state index contributed by atoms with van der Waals surface area (Å²) < 4.78 is 24.6. The molecule has 1 rings (SSSR count). The topological polar surface area (TPSA) is 35.5 Å². The van der Waals surface area contributed by atoms with Gasteiger partial charge in [-0.05, 0) is 32.9 Å². The minimum atomic E-state index is -0.695. The molecular weight excluding hydrogens is 291 g/mol. The van der Waals surface area contributed by atoms with E-state index in [0.717, 1.165) is 0 Å². The van der Waals surface area contributed by atoms with Crippen molar-refractivity contribution in [3.05, 3.63) is 28.0 Å². The van der Waals surface area contributed by atoms with Crippen LogP contribution >= 0.6 is 15.9 Å². The second-order valence-corrected chi connectivity index (χ2v) is 4.57. The molecule has 0 fully saturated rings. The first-order chi connectivity index (χ1) is 7.95. The highest BCUT2D eigenvalue weighted by atomic mass is 79.9. The lowest BCUT2D eigenvalue weighted by Crippen LogP contribution is -2.12. The van der Waals surface area contributed by atoms with E-state index in [-0.39, 0.29) is 24.0 Å². The van der Waals surface area contributed by atoms with Gasteiger partial charge in [0.1, 0.15) is 5.56 Å². The van der Waals surface area contributed by atoms with Gasteiger partial charge in [-0.3, -0.25) is 0 Å². The molecule has 0 aliphatic heterocycles. The Morgan fingerprint density at radius 3 is 2.65 bits per heavy atom. The molecule has 0 N–H and O–H groups in total. The number of benzene rings is 1. The van der Waals surface area contributed by atoms with Crippen molar-refractivity contribution in [2.75, 3.05) is 6.61 Å². The van der Waals surface area contributed by atoms with Crippen molar-refractivity contribution in [1.82, 2.24) is 0 Å². The van der Waals surface area contributed by atoms with Gasteiger partial charge in [0.05, 0.1) is 12.7 Å². The van der Waals surface area contributed by atoms with Crippen molar-refractivity contribution < 1.29 is 18.7 Å². The number of carbonyl (C=O) groups excluding carboxylic acids is 1. The molecule has 0 atom stereocenters. The molecule has 0 amide bonds. The first-order valence-corrected chi connectivity index (χ1v) is 6.07. The normalized spacial score (nSPS) is 10.5. The molecule has 3 nitrogen and oxygen atoms in total. The fourth-order valence-corrected chi connectivity index (χ4v) is 1.70. The van der Waals surface area contributed by atoms with Crippen LogP contribution in [0.5, 0.6) is 5.75 Å². The maximum absolute atomic E-state index is 13.9. The average Bonchev–Trinajstić information content (AvgIpc) is 2.22. The second kappa shape index (κ2) is 6.00. The van der Waals surface area contributed by atoms with Crippen LogP contribution in [0.25, 0.3) is 0 Å². The molecule has 0 unspecified atom stereocenters. The zero-order valence-electron chi connectivity index (χ0n) is 9.92. The fourth-order valence-electron chi connectivity index (χ4n) is 1.26. The predicted molar refractivity (Wildman–Crippen MR) is 65.8 cm³/mol. The molecule has 94 valence electrons. The lowest BCUT2D eigenvalue weighted by atomic mass is 10.2. The number of carbonyl (C=O) groups is 1. The Bertz CT molecular complexity index is 418. The van der Waals surface area contributed by atoms with Gasteiger partial charge in [0, 0.05) is 4.47 Å². The maximum atomic E-state index is 13.9. The van der Waals surface area contributed by atoms with Crippen LogP contribution in [0.15, 0.2) is 16.6 Å². The second-order valence-electron chi connectivity index (χ2n) is 3.65. The highest BCUT2D eigenvalue weighted by Crippen LogP contribution is 2.27. The lowest BCUT2D eigenvalue weighted by Gasteiger charge is -2.13. The van der Waals surface area contributed by atoms with Crippen LogP contribution in [0.3, 0.4) is 0 Å². The van der Waals surface area contributed by atoms with E-state index >= 15 is 0 Å². The van der Waals surface area contributed by atoms with E-state index in [1.54, 1.807) is 20.8 Å². The third-order valence-corrected chi connectivity index (χ3v) is 2.32. The summed E-state index contributed by atoms with van der Waals surface area (Å²) in [4.78, 5) is 11.5. The van der Waals surface area contributed by atoms with E-state index in [0.29, 0.717) is 4.47 Å². The van der Waals surface area contributed by atoms with Crippen LogP contribution in [0.4, 0.5) is 4.39 Å². The third-order valence-electron chi connectivity index (χ3n) is 1.86. The Kier molecular flexibility index (Phi) is 4.93. The van der Waals surface area contributed by atoms with E-state index in [1.165, 1.54) is 12.1 Å². The predicted octanol–water partition coefficient (Wildman–Crippen LogP) is 3.55. The van der Waals surface area contributed by atoms with Gasteiger partial charge in [0.15, 0.2) is 11.6 Å². The van der Waals surface area contributed by atoms with Crippen LogP contribution in [-0.2, 0) is 4.74 Å². The fraction of sp³-hybridized carbons (Fsp3) is 0.417. The zero-order chi connectivity index (χ0) is 13.0. The van der Waals surface area contributed by atoms with Crippen molar-refractivity contribution >= 4 is 21.9 Å². The van der Waals surface area contributed by atoms with Crippen LogP contribution in [0.1, 0.15) is 31.1 Å². The maximum Gasteiger partial charge on any atom is 0.341 e. The zero-order valence-corrected chi connectivity index (χ0v) is 11.5. The SMILES string of the molecule is CCOC(=O)c1cc(Br)cc(OC(C)C)c1F. The van der Waals surface area contributed by atoms with Gasteiger partial charge >= 0.3 is 5.97 Å². The molecule has 0 bridgehead atoms. The summed E-state index contributed by atoms with van der Waals surface area (Å²) in [5.74, 6) is -1.35. The molecule has 1 aromatic rings. The Balaban J connectivity index is 3.13. The molecular formula is C12H14BrFO3. The summed E-state index contributed by atoms with van der Waals surface area (Å²) in [7, 11) is 0. The van der Waals surface area contributed by atoms with Gasteiger partial charge in [-0.2, -0.15) is 0 Å². The Morgan fingerprint density at radius 2 is 2.12 bits per heavy atom. The van der Waals surface area contributed by atoms with Crippen LogP contribution in [-0.4, -0.2) is 18.7 Å². The van der Waals surface area contributed by atoms with E-state index in [4.69, 9.17) is 9.47 Å². The first kappa shape index (κ1) is 14.0. The molecule has 0 aliphatic carbocycles. The minimum absolute atomic E-state index is 0.0393. The third kappa shape index (κ3) is 3.70. The number of hydrogen-bond acceptors (Lipinski definition) is 3. The number of esters is 1. The van der Waals surface area contributed by atoms with Gasteiger partial charge in [-0.15, -0.1) is 0 Å². The van der Waals surface area contributed by atoms with Gasteiger partial charge in [-0.1, -0.05) is 15.9 Å². The molecule has 0 aliphatic rings. The Labute approximate surface area is 108 Å². The van der Waals surface area contributed by atoms with E-state index in [9.17, 15) is 9.18 Å². The monoisotopic (exact) mass is 304 g/mol. The Morgan fingerprint density at radius 1 is 1.47 bits per heavy atom. The number of halogens is 2. The lowest BCUT2D eigenvalue weighted by molar-refractivity contribution is 0.0519. The van der Waals surface area contributed by atoms with Gasteiger partial charge in [-0.25, -0.2) is 9.18 Å². The largest absolute Gasteiger partial charge is 0.488 e. The Hall–Kier alpha value is -1.10. The average molecular weight is 305 g/mol. The highest BCUT2D eigenvalue weighted by Gasteiger charge is 2.19. The summed E-state index contributed by atoms with van der Waals surface area (Å²) in [5.41, 5.74) is -0.128. The van der Waals surface area contributed by atoms with Crippen molar-refractivity contribution in [3.63, 3.8) is 0 Å². The molecule has 0 spiro atoms. The molecule has 0 saturated heterocycles. The van der Waals surface area contributed by atoms with E-state index in [2.05, 4.69) is 15.9 Å². The van der Waals surface area contributed by atoms with Crippen molar-refractivity contribution in [1.29, 1.82) is 0 Å². The van der Waals surface area contributed by atoms with Crippen LogP contribution in [0, 0.1) is 5.82 Å². The summed E-state index contributed by atoms with van der Waals surface area (Å²) in [6, 6.07) is 2.86. The molecule has 17 heavy (non-hydrogen) atoms. The standard InChI is InChI=1S/C12H14BrFO3/c1-4-16-12(15)9-5-8(13)6-10(11(9)14)17-7(2)3/h5-7H,4H2,1-3H3. The molecule has 0 heterocycles. The summed E-state index contributed by atoms with van der Waals surface area (Å²) >= 11 is 3.20. The van der Waals surface area contributed by atoms with Crippen molar-refractivity contribution in [2.45, 2.75) is 26.9 Å². The van der Waals surface area contributed by atoms with Crippen LogP contribution < -0.4 is 4.74 Å². The smallest absolute Gasteiger partial charge is 0.341 e. The number of rotatable bonds is 4. The molecule has 0 saturated carbocycles. The minimum Gasteiger partial charge on any atom is -0.488 e. The first-order valence-electron chi connectivity index (χ1n) is 5.28. The molecule has 5 heteroatoms. The van der Waals surface area contributed by atoms with Gasteiger partial charge < -0.3 is 9.47 Å². The highest BCUT2D eigenvalue weighted by molar-refractivity contribution is 9.10. The van der Waals surface area contributed by atoms with E-state index in [1.807, 2.05) is 0 Å². The van der Waals surface area contributed by atoms with Gasteiger partial charge in [0.2, 0.25) is 0 Å². The molecule has 0 aromatic heterocycles. The molecule has 1 aromatic carbocycles. The van der Waals surface area contributed by atoms with Crippen molar-refractivity contribution in [3.8, 4) is 5.75 Å². The quantitative estimate of drug-likeness (QED) is 0.798. The van der Waals surface area contributed by atoms with Gasteiger partial charge in [0.25, 0.3) is 0 Å².